The van der Waals surface area contributed by atoms with E-state index in [1.165, 1.54) is 0 Å². The summed E-state index contributed by atoms with van der Waals surface area (Å²) in [6.07, 6.45) is 0. The third-order valence-electron chi connectivity index (χ3n) is 3.65. The van der Waals surface area contributed by atoms with Crippen molar-refractivity contribution in [3.8, 4) is 17.2 Å². The maximum Gasteiger partial charge on any atom is 0.242 e. The number of ether oxygens (including phenoxy) is 3. The molecule has 0 aliphatic rings. The van der Waals surface area contributed by atoms with Crippen LogP contribution in [0, 0.1) is 0 Å². The van der Waals surface area contributed by atoms with Crippen LogP contribution in [0.1, 0.15) is 5.56 Å². The Morgan fingerprint density at radius 3 is 2.16 bits per heavy atom. The molecule has 0 bridgehead atoms. The molecule has 5 nitrogen and oxygen atoms in total. The summed E-state index contributed by atoms with van der Waals surface area (Å²) >= 11 is 11.9. The van der Waals surface area contributed by atoms with Crippen molar-refractivity contribution in [2.24, 2.45) is 0 Å². The lowest BCUT2D eigenvalue weighted by Crippen LogP contribution is -2.31. The fourth-order valence-corrected chi connectivity index (χ4v) is 2.80. The number of halogens is 2. The number of carbonyl (C=O) groups excluding carboxylic acids is 1. The molecule has 0 N–H and O–H groups in total. The van der Waals surface area contributed by atoms with Gasteiger partial charge in [-0.15, -0.1) is 11.6 Å². The van der Waals surface area contributed by atoms with E-state index in [4.69, 9.17) is 37.4 Å². The molecule has 2 rings (SSSR count). The second kappa shape index (κ2) is 8.83. The maximum atomic E-state index is 12.3. The summed E-state index contributed by atoms with van der Waals surface area (Å²) in [5.41, 5.74) is 1.49. The Morgan fingerprint density at radius 2 is 1.60 bits per heavy atom. The Hall–Kier alpha value is -2.11. The minimum Gasteiger partial charge on any atom is -0.495 e. The third-order valence-corrected chi connectivity index (χ3v) is 4.18. The third kappa shape index (κ3) is 4.50. The molecule has 0 heterocycles. The number of alkyl halides is 1. The summed E-state index contributed by atoms with van der Waals surface area (Å²) in [4.78, 5) is 13.9. The van der Waals surface area contributed by atoms with E-state index in [1.54, 1.807) is 56.6 Å². The number of nitrogens with zero attached hydrogens (tertiary/aromatic N) is 1. The number of benzene rings is 2. The lowest BCUT2D eigenvalue weighted by atomic mass is 10.1. The Kier molecular flexibility index (Phi) is 6.79. The fraction of sp³-hybridized carbons (Fsp3) is 0.278. The average molecular weight is 384 g/mol. The summed E-state index contributed by atoms with van der Waals surface area (Å²) in [5.74, 6) is 1.31. The maximum absolute atomic E-state index is 12.3. The molecule has 1 amide bonds. The minimum absolute atomic E-state index is 0.141. The number of rotatable bonds is 7. The van der Waals surface area contributed by atoms with Gasteiger partial charge in [-0.2, -0.15) is 0 Å². The van der Waals surface area contributed by atoms with E-state index in [0.717, 1.165) is 5.56 Å². The standard InChI is InChI=1S/C18H19Cl2NO4/c1-23-15-6-4-12(8-14(15)20)11-21(18(22)10-19)13-5-7-16(24-2)17(9-13)25-3/h4-9H,10-11H2,1-3H3. The molecule has 2 aromatic rings. The number of amides is 1. The average Bonchev–Trinajstić information content (AvgIpc) is 2.65. The van der Waals surface area contributed by atoms with Crippen LogP contribution in [0.4, 0.5) is 5.69 Å². The van der Waals surface area contributed by atoms with Crippen LogP contribution < -0.4 is 19.1 Å². The largest absolute Gasteiger partial charge is 0.495 e. The van der Waals surface area contributed by atoms with Gasteiger partial charge in [-0.3, -0.25) is 4.79 Å². The first-order chi connectivity index (χ1) is 12.0. The van der Waals surface area contributed by atoms with Crippen molar-refractivity contribution in [3.05, 3.63) is 47.0 Å². The summed E-state index contributed by atoms with van der Waals surface area (Å²) in [6.45, 7) is 0.310. The van der Waals surface area contributed by atoms with Gasteiger partial charge in [0.15, 0.2) is 11.5 Å². The van der Waals surface area contributed by atoms with Gasteiger partial charge in [0.1, 0.15) is 11.6 Å². The van der Waals surface area contributed by atoms with E-state index in [-0.39, 0.29) is 11.8 Å². The van der Waals surface area contributed by atoms with Gasteiger partial charge in [0, 0.05) is 11.8 Å². The molecule has 0 atom stereocenters. The van der Waals surface area contributed by atoms with Crippen LogP contribution in [-0.2, 0) is 11.3 Å². The zero-order valence-electron chi connectivity index (χ0n) is 14.2. The number of methoxy groups -OCH3 is 3. The highest BCUT2D eigenvalue weighted by Gasteiger charge is 2.18. The first-order valence-corrected chi connectivity index (χ1v) is 8.36. The van der Waals surface area contributed by atoms with E-state index in [1.807, 2.05) is 6.07 Å². The molecule has 7 heteroatoms. The molecule has 0 radical (unpaired) electrons. The van der Waals surface area contributed by atoms with Crippen molar-refractivity contribution in [2.45, 2.75) is 6.54 Å². The van der Waals surface area contributed by atoms with Crippen LogP contribution in [0.5, 0.6) is 17.2 Å². The molecule has 0 spiro atoms. The van der Waals surface area contributed by atoms with E-state index < -0.39 is 0 Å². The van der Waals surface area contributed by atoms with Crippen molar-refractivity contribution in [1.29, 1.82) is 0 Å². The topological polar surface area (TPSA) is 48.0 Å². The highest BCUT2D eigenvalue weighted by Crippen LogP contribution is 2.33. The van der Waals surface area contributed by atoms with Crippen LogP contribution in [0.15, 0.2) is 36.4 Å². The van der Waals surface area contributed by atoms with Gasteiger partial charge in [-0.1, -0.05) is 17.7 Å². The number of anilines is 1. The molecule has 0 fully saturated rings. The molecular weight excluding hydrogens is 365 g/mol. The Labute approximate surface area is 157 Å². The molecule has 2 aromatic carbocycles. The molecule has 0 aliphatic carbocycles. The van der Waals surface area contributed by atoms with Crippen molar-refractivity contribution in [2.75, 3.05) is 32.1 Å². The lowest BCUT2D eigenvalue weighted by Gasteiger charge is -2.23. The minimum atomic E-state index is -0.235. The monoisotopic (exact) mass is 383 g/mol. The van der Waals surface area contributed by atoms with E-state index in [2.05, 4.69) is 0 Å². The van der Waals surface area contributed by atoms with Crippen LogP contribution in [-0.4, -0.2) is 33.1 Å². The smallest absolute Gasteiger partial charge is 0.242 e. The number of hydrogen-bond acceptors (Lipinski definition) is 4. The van der Waals surface area contributed by atoms with Gasteiger partial charge < -0.3 is 19.1 Å². The quantitative estimate of drug-likeness (QED) is 0.674. The van der Waals surface area contributed by atoms with Crippen molar-refractivity contribution >= 4 is 34.8 Å². The van der Waals surface area contributed by atoms with Crippen LogP contribution in [0.2, 0.25) is 5.02 Å². The first-order valence-electron chi connectivity index (χ1n) is 7.44. The number of carbonyl (C=O) groups is 1. The second-order valence-electron chi connectivity index (χ2n) is 5.12. The van der Waals surface area contributed by atoms with E-state index in [9.17, 15) is 4.79 Å². The molecule has 0 saturated heterocycles. The summed E-state index contributed by atoms with van der Waals surface area (Å²) in [7, 11) is 4.64. The Bertz CT molecular complexity index is 752. The van der Waals surface area contributed by atoms with Crippen molar-refractivity contribution in [1.82, 2.24) is 0 Å². The molecule has 0 saturated carbocycles. The highest BCUT2D eigenvalue weighted by molar-refractivity contribution is 6.32. The fourth-order valence-electron chi connectivity index (χ4n) is 2.38. The summed E-state index contributed by atoms with van der Waals surface area (Å²) in [6, 6.07) is 10.6. The van der Waals surface area contributed by atoms with Crippen LogP contribution >= 0.6 is 23.2 Å². The zero-order chi connectivity index (χ0) is 18.4. The molecule has 0 unspecified atom stereocenters. The van der Waals surface area contributed by atoms with Gasteiger partial charge in [-0.05, 0) is 29.8 Å². The Balaban J connectivity index is 2.37. The molecule has 0 aliphatic heterocycles. The molecular formula is C18H19Cl2NO4. The molecule has 0 aromatic heterocycles. The van der Waals surface area contributed by atoms with Crippen molar-refractivity contribution < 1.29 is 19.0 Å². The predicted molar refractivity (Wildman–Crippen MR) is 99.5 cm³/mol. The second-order valence-corrected chi connectivity index (χ2v) is 5.80. The van der Waals surface area contributed by atoms with Crippen molar-refractivity contribution in [3.63, 3.8) is 0 Å². The van der Waals surface area contributed by atoms with E-state index >= 15 is 0 Å². The predicted octanol–water partition coefficient (Wildman–Crippen LogP) is 4.14. The van der Waals surface area contributed by atoms with Gasteiger partial charge in [-0.25, -0.2) is 0 Å². The highest BCUT2D eigenvalue weighted by atomic mass is 35.5. The van der Waals surface area contributed by atoms with Gasteiger partial charge in [0.05, 0.1) is 32.9 Å². The van der Waals surface area contributed by atoms with Gasteiger partial charge in [0.25, 0.3) is 0 Å². The first kappa shape index (κ1) is 19.2. The normalized spacial score (nSPS) is 10.3. The molecule has 25 heavy (non-hydrogen) atoms. The van der Waals surface area contributed by atoms with Gasteiger partial charge >= 0.3 is 0 Å². The van der Waals surface area contributed by atoms with Crippen LogP contribution in [0.25, 0.3) is 0 Å². The van der Waals surface area contributed by atoms with Crippen LogP contribution in [0.3, 0.4) is 0 Å². The van der Waals surface area contributed by atoms with E-state index in [0.29, 0.717) is 34.5 Å². The SMILES string of the molecule is COc1ccc(CN(C(=O)CCl)c2ccc(OC)c(OC)c2)cc1Cl. The zero-order valence-corrected chi connectivity index (χ0v) is 15.7. The number of hydrogen-bond donors (Lipinski definition) is 0. The summed E-state index contributed by atoms with van der Waals surface area (Å²) in [5, 5.41) is 0.477. The summed E-state index contributed by atoms with van der Waals surface area (Å²) < 4.78 is 15.7. The molecule has 134 valence electrons. The Morgan fingerprint density at radius 1 is 0.960 bits per heavy atom. The van der Waals surface area contributed by atoms with Gasteiger partial charge in [0.2, 0.25) is 5.91 Å². The lowest BCUT2D eigenvalue weighted by molar-refractivity contribution is -0.116.